The molecule has 0 amide bonds. The monoisotopic (exact) mass is 544 g/mol. The molecule has 4 heteroatoms. The summed E-state index contributed by atoms with van der Waals surface area (Å²) in [6.45, 7) is 5.56. The summed E-state index contributed by atoms with van der Waals surface area (Å²) >= 11 is -0.564. The third kappa shape index (κ3) is 2.70. The number of hydrogen-bond donors (Lipinski definition) is 0. The molecule has 128 valence electrons. The summed E-state index contributed by atoms with van der Waals surface area (Å²) in [5, 5.41) is 0. The molecule has 8 atom stereocenters. The van der Waals surface area contributed by atoms with E-state index in [1.807, 2.05) is 0 Å². The minimum absolute atomic E-state index is 0. The molecule has 24 heavy (non-hydrogen) atoms. The molecule has 0 radical (unpaired) electrons. The van der Waals surface area contributed by atoms with Crippen LogP contribution in [-0.4, -0.2) is 8.07 Å². The van der Waals surface area contributed by atoms with Crippen LogP contribution in [0.25, 0.3) is 0 Å². The van der Waals surface area contributed by atoms with Gasteiger partial charge in [-0.15, -0.1) is 0 Å². The molecule has 0 aromatic rings. The third-order valence-electron chi connectivity index (χ3n) is 7.64. The molecule has 0 N–H and O–H groups in total. The first kappa shape index (κ1) is 19.4. The van der Waals surface area contributed by atoms with Gasteiger partial charge in [0.25, 0.3) is 0 Å². The Kier molecular flexibility index (Phi) is 5.64. The van der Waals surface area contributed by atoms with Crippen molar-refractivity contribution in [2.24, 2.45) is 23.7 Å². The van der Waals surface area contributed by atoms with Crippen LogP contribution in [0.3, 0.4) is 0 Å². The Labute approximate surface area is 171 Å². The van der Waals surface area contributed by atoms with Crippen LogP contribution < -0.4 is 24.8 Å². The summed E-state index contributed by atoms with van der Waals surface area (Å²) in [6, 6.07) is 0. The number of fused-ring (bicyclic) bond motifs is 6. The molecule has 5 rings (SSSR count). The van der Waals surface area contributed by atoms with E-state index in [0.717, 1.165) is 34.8 Å². The van der Waals surface area contributed by atoms with Crippen LogP contribution in [0.1, 0.15) is 12.8 Å². The Morgan fingerprint density at radius 2 is 1.12 bits per heavy atom. The summed E-state index contributed by atoms with van der Waals surface area (Å²) in [5.74, 6) is 3.73. The molecule has 0 spiro atoms. The normalized spacial score (nSPS) is 47.9. The van der Waals surface area contributed by atoms with Gasteiger partial charge >= 0.3 is 148 Å². The van der Waals surface area contributed by atoms with Crippen molar-refractivity contribution in [1.29, 1.82) is 0 Å². The van der Waals surface area contributed by atoms with Gasteiger partial charge in [-0.05, 0) is 0 Å². The van der Waals surface area contributed by atoms with Gasteiger partial charge in [0, 0.05) is 0 Å². The fourth-order valence-corrected chi connectivity index (χ4v) is 30.3. The number of halogens is 2. The van der Waals surface area contributed by atoms with E-state index in [1.54, 1.807) is 12.8 Å². The van der Waals surface area contributed by atoms with Gasteiger partial charge in [0.15, 0.2) is 0 Å². The van der Waals surface area contributed by atoms with Crippen LogP contribution >= 0.6 is 0 Å². The summed E-state index contributed by atoms with van der Waals surface area (Å²) < 4.78 is 2.37. The smallest absolute Gasteiger partial charge is 1.00 e. The molecule has 0 aromatic heterocycles. The van der Waals surface area contributed by atoms with Crippen LogP contribution in [-0.2, 0) is 22.9 Å². The fraction of sp³-hybridized carbons (Fsp3) is 0.600. The van der Waals surface area contributed by atoms with E-state index in [1.165, 1.54) is 7.35 Å². The second kappa shape index (κ2) is 6.98. The first-order valence-electron chi connectivity index (χ1n) is 9.12. The van der Waals surface area contributed by atoms with E-state index >= 15 is 0 Å². The molecule has 3 fully saturated rings. The number of allylic oxidation sites excluding steroid dienone is 8. The minimum atomic E-state index is -1.11. The average molecular weight is 544 g/mol. The Hall–Kier alpha value is 0.627. The van der Waals surface area contributed by atoms with Gasteiger partial charge in [-0.3, -0.25) is 0 Å². The largest absolute Gasteiger partial charge is 1.00 e. The van der Waals surface area contributed by atoms with E-state index in [9.17, 15) is 0 Å². The zero-order valence-corrected chi connectivity index (χ0v) is 20.5. The Morgan fingerprint density at radius 3 is 1.58 bits per heavy atom. The van der Waals surface area contributed by atoms with Gasteiger partial charge in [0.2, 0.25) is 0 Å². The van der Waals surface area contributed by atoms with Gasteiger partial charge in [-0.1, -0.05) is 0 Å². The van der Waals surface area contributed by atoms with E-state index in [-0.39, 0.29) is 24.8 Å². The molecule has 4 aliphatic carbocycles. The van der Waals surface area contributed by atoms with Gasteiger partial charge in [-0.25, -0.2) is 0 Å². The van der Waals surface area contributed by atoms with Crippen molar-refractivity contribution in [3.8, 4) is 0 Å². The quantitative estimate of drug-likeness (QED) is 0.366. The molecule has 8 unspecified atom stereocenters. The van der Waals surface area contributed by atoms with Crippen LogP contribution in [0.2, 0.25) is 31.5 Å². The first-order valence-corrected chi connectivity index (χ1v) is 16.4. The van der Waals surface area contributed by atoms with Crippen molar-refractivity contribution >= 4 is 8.07 Å². The minimum Gasteiger partial charge on any atom is -1.00 e. The second-order valence-electron chi connectivity index (χ2n) is 8.75. The first-order chi connectivity index (χ1) is 10.7. The molecule has 2 saturated carbocycles. The van der Waals surface area contributed by atoms with Gasteiger partial charge in [-0.2, -0.15) is 0 Å². The summed E-state index contributed by atoms with van der Waals surface area (Å²) in [4.78, 5) is 0. The molecule has 1 saturated heterocycles. The van der Waals surface area contributed by atoms with E-state index < -0.39 is 31.0 Å². The van der Waals surface area contributed by atoms with Gasteiger partial charge in [0.1, 0.15) is 0 Å². The van der Waals surface area contributed by atoms with Crippen molar-refractivity contribution in [3.63, 3.8) is 0 Å². The number of rotatable bonds is 0. The van der Waals surface area contributed by atoms with Crippen LogP contribution in [0, 0.1) is 23.7 Å². The molecule has 1 aliphatic heterocycles. The van der Waals surface area contributed by atoms with E-state index in [4.69, 9.17) is 0 Å². The van der Waals surface area contributed by atoms with E-state index in [0.29, 0.717) is 0 Å². The maximum atomic E-state index is 2.78. The molecular weight excluding hydrogens is 518 g/mol. The molecule has 5 aliphatic rings. The average Bonchev–Trinajstić information content (AvgIpc) is 3.08. The van der Waals surface area contributed by atoms with E-state index in [2.05, 4.69) is 61.7 Å². The van der Waals surface area contributed by atoms with Gasteiger partial charge in [0.05, 0.1) is 0 Å². The molecule has 0 nitrogen and oxygen atoms in total. The SMILES string of the molecule is C[Si]1(C)C2CC3C=CC=CC3[CH]2[Hf+2][CH]2C3C=CC=CC3CC21.[Cl-].[Cl-]. The zero-order chi connectivity index (χ0) is 14.9. The Bertz CT molecular complexity index is 559. The van der Waals surface area contributed by atoms with Crippen molar-refractivity contribution in [2.45, 2.75) is 44.4 Å². The summed E-state index contributed by atoms with van der Waals surface area (Å²) in [5.41, 5.74) is 2.32. The summed E-state index contributed by atoms with van der Waals surface area (Å²) in [7, 11) is -1.11. The molecule has 1 heterocycles. The zero-order valence-electron chi connectivity index (χ0n) is 14.4. The van der Waals surface area contributed by atoms with Crippen LogP contribution in [0.5, 0.6) is 0 Å². The summed E-state index contributed by atoms with van der Waals surface area (Å²) in [6.07, 6.45) is 22.8. The van der Waals surface area contributed by atoms with Crippen LogP contribution in [0.15, 0.2) is 48.6 Å². The predicted octanol–water partition coefficient (Wildman–Crippen LogP) is -0.359. The Morgan fingerprint density at radius 1 is 0.708 bits per heavy atom. The maximum Gasteiger partial charge on any atom is -1.00 e. The third-order valence-corrected chi connectivity index (χ3v) is 23.5. The standard InChI is InChI=1S/C20H26Si.2ClH.Hf/c1-21(2,19-11-15-7-3-4-8-16(15)12-19)20-13-17-9-5-6-10-18(17)14-20;;;/h3-11,13,15-20H,12,14H2,1-2H3;2*1H;/q;;;+2/p-2. The topological polar surface area (TPSA) is 0 Å². The Balaban J connectivity index is 0.000000845. The second-order valence-corrected chi connectivity index (χ2v) is 19.9. The van der Waals surface area contributed by atoms with Crippen LogP contribution in [0.4, 0.5) is 0 Å². The van der Waals surface area contributed by atoms with Crippen molar-refractivity contribution in [3.05, 3.63) is 48.6 Å². The van der Waals surface area contributed by atoms with Crippen molar-refractivity contribution < 1.29 is 47.7 Å². The van der Waals surface area contributed by atoms with Crippen molar-refractivity contribution in [2.75, 3.05) is 0 Å². The predicted molar refractivity (Wildman–Crippen MR) is 92.2 cm³/mol. The fourth-order valence-electron chi connectivity index (χ4n) is 6.49. The number of hydrogen-bond acceptors (Lipinski definition) is 0. The maximum absolute atomic E-state index is 2.78. The van der Waals surface area contributed by atoms with Crippen molar-refractivity contribution in [1.82, 2.24) is 0 Å². The van der Waals surface area contributed by atoms with Gasteiger partial charge < -0.3 is 24.8 Å². The molecular formula is C20H26Cl2HfSi. The molecule has 0 bridgehead atoms. The molecule has 0 aromatic carbocycles.